The van der Waals surface area contributed by atoms with Gasteiger partial charge in [0.15, 0.2) is 0 Å². The van der Waals surface area contributed by atoms with Crippen LogP contribution < -0.4 is 0 Å². The van der Waals surface area contributed by atoms with Crippen LogP contribution in [-0.4, -0.2) is 0 Å². The summed E-state index contributed by atoms with van der Waals surface area (Å²) in [4.78, 5) is 0. The minimum Gasteiger partial charge on any atom is -0.456 e. The highest BCUT2D eigenvalue weighted by atomic mass is 16.3. The zero-order valence-electron chi connectivity index (χ0n) is 37.9. The van der Waals surface area contributed by atoms with Crippen molar-refractivity contribution < 1.29 is 4.42 Å². The molecule has 0 aliphatic heterocycles. The van der Waals surface area contributed by atoms with Gasteiger partial charge >= 0.3 is 0 Å². The Balaban J connectivity index is 1.03. The minimum atomic E-state index is 0.0702. The normalized spacial score (nSPS) is 13.4. The Morgan fingerprint density at radius 3 is 1.71 bits per heavy atom. The molecule has 0 bridgehead atoms. The molecule has 9 rings (SSSR count). The van der Waals surface area contributed by atoms with E-state index < -0.39 is 0 Å². The van der Waals surface area contributed by atoms with Gasteiger partial charge in [0, 0.05) is 22.1 Å². The molecule has 1 aliphatic rings. The third-order valence-corrected chi connectivity index (χ3v) is 14.4. The second-order valence-corrected chi connectivity index (χ2v) is 18.6. The monoisotopic (exact) mass is 827 g/mol. The van der Waals surface area contributed by atoms with Crippen molar-refractivity contribution in [3.05, 3.63) is 192 Å². The molecular formula is C62H66O. The van der Waals surface area contributed by atoms with Crippen molar-refractivity contribution in [2.24, 2.45) is 0 Å². The lowest BCUT2D eigenvalue weighted by molar-refractivity contribution is 0.397. The average Bonchev–Trinajstić information content (AvgIpc) is 3.84. The number of para-hydroxylation sites is 1. The summed E-state index contributed by atoms with van der Waals surface area (Å²) in [6.45, 7) is 4.65. The van der Waals surface area contributed by atoms with Gasteiger partial charge in [-0.1, -0.05) is 236 Å². The van der Waals surface area contributed by atoms with E-state index in [9.17, 15) is 0 Å². The van der Waals surface area contributed by atoms with E-state index >= 15 is 0 Å². The third kappa shape index (κ3) is 9.36. The Morgan fingerprint density at radius 1 is 0.413 bits per heavy atom. The van der Waals surface area contributed by atoms with E-state index in [1.54, 1.807) is 11.1 Å². The topological polar surface area (TPSA) is 13.1 Å². The molecule has 1 heterocycles. The molecule has 320 valence electrons. The summed E-state index contributed by atoms with van der Waals surface area (Å²) in [5.74, 6) is 0.279. The lowest BCUT2D eigenvalue weighted by Gasteiger charge is -2.33. The lowest BCUT2D eigenvalue weighted by atomic mass is 9.70. The first kappa shape index (κ1) is 42.6. The molecule has 1 unspecified atom stereocenters. The largest absolute Gasteiger partial charge is 0.456 e. The fraction of sp³-hybridized carbons (Fsp3) is 0.323. The number of aryl methyl sites for hydroxylation is 1. The van der Waals surface area contributed by atoms with E-state index in [1.807, 2.05) is 6.07 Å². The molecule has 0 N–H and O–H groups in total. The Labute approximate surface area is 377 Å². The van der Waals surface area contributed by atoms with Crippen LogP contribution in [0.1, 0.15) is 144 Å². The van der Waals surface area contributed by atoms with Gasteiger partial charge in [0.25, 0.3) is 0 Å². The van der Waals surface area contributed by atoms with Crippen LogP contribution in [0.5, 0.6) is 0 Å². The Morgan fingerprint density at radius 2 is 0.968 bits per heavy atom. The Kier molecular flexibility index (Phi) is 13.7. The number of fused-ring (bicyclic) bond motifs is 6. The number of hydrogen-bond acceptors (Lipinski definition) is 1. The Hall–Kier alpha value is -5.66. The van der Waals surface area contributed by atoms with Crippen LogP contribution in [0.4, 0.5) is 0 Å². The van der Waals surface area contributed by atoms with Gasteiger partial charge in [0.1, 0.15) is 11.2 Å². The van der Waals surface area contributed by atoms with Gasteiger partial charge in [0.05, 0.1) is 0 Å². The summed E-state index contributed by atoms with van der Waals surface area (Å²) in [6.07, 6.45) is 20.6. The van der Waals surface area contributed by atoms with Crippen LogP contribution in [0.2, 0.25) is 0 Å². The van der Waals surface area contributed by atoms with Crippen LogP contribution in [-0.2, 0) is 11.8 Å². The number of hydrogen-bond donors (Lipinski definition) is 0. The molecule has 63 heavy (non-hydrogen) atoms. The van der Waals surface area contributed by atoms with E-state index in [4.69, 9.17) is 4.42 Å². The summed E-state index contributed by atoms with van der Waals surface area (Å²) in [7, 11) is 0. The van der Waals surface area contributed by atoms with E-state index in [-0.39, 0.29) is 11.3 Å². The van der Waals surface area contributed by atoms with Crippen molar-refractivity contribution in [3.63, 3.8) is 0 Å². The predicted molar refractivity (Wildman–Crippen MR) is 270 cm³/mol. The first-order chi connectivity index (χ1) is 31.1. The van der Waals surface area contributed by atoms with E-state index in [0.717, 1.165) is 24.0 Å². The highest BCUT2D eigenvalue weighted by Crippen LogP contribution is 2.55. The van der Waals surface area contributed by atoms with Crippen molar-refractivity contribution in [1.82, 2.24) is 0 Å². The minimum absolute atomic E-state index is 0.0702. The van der Waals surface area contributed by atoms with Crippen molar-refractivity contribution >= 4 is 21.9 Å². The molecule has 0 saturated heterocycles. The lowest BCUT2D eigenvalue weighted by Crippen LogP contribution is -2.26. The summed E-state index contributed by atoms with van der Waals surface area (Å²) < 4.78 is 6.14. The van der Waals surface area contributed by atoms with Crippen molar-refractivity contribution in [3.8, 4) is 33.4 Å². The smallest absolute Gasteiger partial charge is 0.135 e. The molecule has 0 spiro atoms. The highest BCUT2D eigenvalue weighted by molar-refractivity contribution is 6.06. The highest BCUT2D eigenvalue weighted by Gasteiger charge is 2.42. The molecule has 8 aromatic rings. The van der Waals surface area contributed by atoms with Gasteiger partial charge in [-0.05, 0) is 105 Å². The average molecular weight is 827 g/mol. The molecular weight excluding hydrogens is 761 g/mol. The molecule has 0 radical (unpaired) electrons. The SMILES string of the molecule is CCCCCCCCC1(CCCCCCCC)c2ccccc2-c2ccc(C(CCc3ccc(-c4ccc5oc6ccccc6c5c4)cc3)c3ccc(-c4ccccc4)cc3)cc21. The molecule has 0 fully saturated rings. The zero-order chi connectivity index (χ0) is 42.9. The molecule has 0 saturated carbocycles. The number of rotatable bonds is 21. The van der Waals surface area contributed by atoms with Gasteiger partial charge in [-0.2, -0.15) is 0 Å². The maximum absolute atomic E-state index is 6.14. The summed E-state index contributed by atoms with van der Waals surface area (Å²) in [5.41, 5.74) is 17.3. The van der Waals surface area contributed by atoms with Crippen LogP contribution in [0.15, 0.2) is 168 Å². The van der Waals surface area contributed by atoms with Crippen LogP contribution >= 0.6 is 0 Å². The fourth-order valence-electron chi connectivity index (χ4n) is 10.9. The van der Waals surface area contributed by atoms with E-state index in [2.05, 4.69) is 172 Å². The van der Waals surface area contributed by atoms with Gasteiger partial charge in [-0.3, -0.25) is 0 Å². The van der Waals surface area contributed by atoms with Gasteiger partial charge in [-0.15, -0.1) is 0 Å². The molecule has 0 amide bonds. The quantitative estimate of drug-likeness (QED) is 0.0658. The zero-order valence-corrected chi connectivity index (χ0v) is 37.9. The predicted octanol–water partition coefficient (Wildman–Crippen LogP) is 18.5. The van der Waals surface area contributed by atoms with E-state index in [1.165, 1.54) is 151 Å². The summed E-state index contributed by atoms with van der Waals surface area (Å²) in [6, 6.07) is 61.8. The third-order valence-electron chi connectivity index (χ3n) is 14.4. The van der Waals surface area contributed by atoms with Crippen molar-refractivity contribution in [2.75, 3.05) is 0 Å². The van der Waals surface area contributed by atoms with Gasteiger partial charge in [-0.25, -0.2) is 0 Å². The number of unbranched alkanes of at least 4 members (excludes halogenated alkanes) is 10. The first-order valence-corrected chi connectivity index (χ1v) is 24.6. The second-order valence-electron chi connectivity index (χ2n) is 18.6. The van der Waals surface area contributed by atoms with Gasteiger partial charge in [0.2, 0.25) is 0 Å². The summed E-state index contributed by atoms with van der Waals surface area (Å²) in [5, 5.41) is 2.35. The maximum atomic E-state index is 6.14. The van der Waals surface area contributed by atoms with E-state index in [0.29, 0.717) is 0 Å². The molecule has 1 aromatic heterocycles. The summed E-state index contributed by atoms with van der Waals surface area (Å²) >= 11 is 0. The molecule has 1 aliphatic carbocycles. The first-order valence-electron chi connectivity index (χ1n) is 24.6. The second kappa shape index (κ2) is 20.2. The molecule has 1 heteroatoms. The van der Waals surface area contributed by atoms with Crippen LogP contribution in [0.25, 0.3) is 55.3 Å². The van der Waals surface area contributed by atoms with Crippen molar-refractivity contribution in [1.29, 1.82) is 0 Å². The molecule has 1 atom stereocenters. The van der Waals surface area contributed by atoms with Gasteiger partial charge < -0.3 is 4.42 Å². The molecule has 7 aromatic carbocycles. The Bertz CT molecular complexity index is 2680. The standard InChI is InChI=1S/C62H66O/c1-3-5-7-9-11-20-42-62(43-21-12-10-8-6-4-2)58-26-18-16-24-54(58)55-40-37-52(45-59(55)62)53(50-35-33-48(34-36-50)47-22-14-13-15-23-47)39-30-46-28-31-49(32-29-46)51-38-41-61-57(44-51)56-25-17-19-27-60(56)63-61/h13-19,22-29,31-38,40-41,44-45,53H,3-12,20-21,30,39,42-43H2,1-2H3. The number of furan rings is 1. The fourth-order valence-corrected chi connectivity index (χ4v) is 10.9. The maximum Gasteiger partial charge on any atom is 0.135 e. The van der Waals surface area contributed by atoms with Crippen LogP contribution in [0.3, 0.4) is 0 Å². The molecule has 1 nitrogen and oxygen atoms in total. The van der Waals surface area contributed by atoms with Crippen LogP contribution in [0, 0.1) is 0 Å². The van der Waals surface area contributed by atoms with Crippen molar-refractivity contribution in [2.45, 2.75) is 128 Å². The number of benzene rings is 7.